The lowest BCUT2D eigenvalue weighted by molar-refractivity contribution is -0.122. The van der Waals surface area contributed by atoms with Gasteiger partial charge in [0.05, 0.1) is 16.8 Å². The molecule has 1 atom stereocenters. The van der Waals surface area contributed by atoms with Gasteiger partial charge in [0.15, 0.2) is 5.82 Å². The zero-order valence-electron chi connectivity index (χ0n) is 16.2. The van der Waals surface area contributed by atoms with Crippen molar-refractivity contribution in [1.29, 1.82) is 0 Å². The fourth-order valence-electron chi connectivity index (χ4n) is 3.65. The number of nitrogens with one attached hydrogen (secondary N) is 2. The monoisotopic (exact) mass is 436 g/mol. The third-order valence-corrected chi connectivity index (χ3v) is 6.00. The van der Waals surface area contributed by atoms with E-state index in [0.29, 0.717) is 17.1 Å². The second kappa shape index (κ2) is 7.88. The predicted octanol–water partition coefficient (Wildman–Crippen LogP) is 3.14. The van der Waals surface area contributed by atoms with Gasteiger partial charge in [0, 0.05) is 19.4 Å². The summed E-state index contributed by atoms with van der Waals surface area (Å²) < 4.78 is 14.3. The molecule has 1 aliphatic heterocycles. The van der Waals surface area contributed by atoms with E-state index < -0.39 is 11.7 Å². The lowest BCUT2D eigenvalue weighted by atomic mass is 10.1. The number of aromatic nitrogens is 4. The molecule has 1 aliphatic rings. The van der Waals surface area contributed by atoms with E-state index in [0.717, 1.165) is 10.6 Å². The first kappa shape index (κ1) is 19.3. The first-order chi connectivity index (χ1) is 15.1. The van der Waals surface area contributed by atoms with Crippen LogP contribution in [0.25, 0.3) is 10.9 Å². The van der Waals surface area contributed by atoms with Crippen molar-refractivity contribution in [3.05, 3.63) is 64.9 Å². The first-order valence-corrected chi connectivity index (χ1v) is 10.5. The van der Waals surface area contributed by atoms with Crippen molar-refractivity contribution in [1.82, 2.24) is 20.4 Å². The Morgan fingerprint density at radius 1 is 1.19 bits per heavy atom. The summed E-state index contributed by atoms with van der Waals surface area (Å²) in [7, 11) is 0. The Morgan fingerprint density at radius 2 is 2.03 bits per heavy atom. The molecule has 10 heteroatoms. The second-order valence-corrected chi connectivity index (χ2v) is 8.33. The molecule has 2 N–H and O–H groups in total. The molecule has 1 saturated heterocycles. The van der Waals surface area contributed by atoms with Crippen LogP contribution in [0.15, 0.2) is 48.5 Å². The van der Waals surface area contributed by atoms with Crippen molar-refractivity contribution in [2.75, 3.05) is 16.8 Å². The standard InChI is InChI=1S/C21H17FN6O2S/c22-14-7-4-8-15-18(14)19(26-24-15)28-11-13(10-17(28)29)20(30)23-21-27-25-16(31-21)9-12-5-2-1-3-6-12/h1-8,13H,9-11H2,(H,24,26)(H,23,27,30)/t13-/m0/s1. The van der Waals surface area contributed by atoms with E-state index in [1.807, 2.05) is 30.3 Å². The number of rotatable bonds is 5. The van der Waals surface area contributed by atoms with Gasteiger partial charge < -0.3 is 5.32 Å². The Hall–Kier alpha value is -3.66. The van der Waals surface area contributed by atoms with Crippen LogP contribution < -0.4 is 10.2 Å². The number of nitrogens with zero attached hydrogens (tertiary/aromatic N) is 4. The van der Waals surface area contributed by atoms with Gasteiger partial charge in [-0.1, -0.05) is 47.7 Å². The molecule has 31 heavy (non-hydrogen) atoms. The van der Waals surface area contributed by atoms with Crippen LogP contribution in [0.2, 0.25) is 0 Å². The lowest BCUT2D eigenvalue weighted by Gasteiger charge is -2.14. The number of carbonyl (C=O) groups excluding carboxylic acids is 2. The molecule has 4 aromatic rings. The molecule has 0 unspecified atom stereocenters. The minimum atomic E-state index is -0.590. The SMILES string of the molecule is O=C(Nc1nnc(Cc2ccccc2)s1)[C@H]1CC(=O)N(c2n[nH]c3cccc(F)c23)C1. The normalized spacial score (nSPS) is 16.2. The number of amides is 2. The van der Waals surface area contributed by atoms with Gasteiger partial charge in [0.1, 0.15) is 10.8 Å². The van der Waals surface area contributed by atoms with Crippen molar-refractivity contribution in [2.45, 2.75) is 12.8 Å². The molecule has 0 saturated carbocycles. The van der Waals surface area contributed by atoms with Gasteiger partial charge in [-0.2, -0.15) is 5.10 Å². The molecule has 1 fully saturated rings. The molecular weight excluding hydrogens is 419 g/mol. The topological polar surface area (TPSA) is 104 Å². The summed E-state index contributed by atoms with van der Waals surface area (Å²) in [5.41, 5.74) is 1.60. The van der Waals surface area contributed by atoms with E-state index in [1.165, 1.54) is 22.3 Å². The molecule has 156 valence electrons. The third kappa shape index (κ3) is 3.77. The maximum absolute atomic E-state index is 14.3. The van der Waals surface area contributed by atoms with Gasteiger partial charge in [-0.05, 0) is 17.7 Å². The van der Waals surface area contributed by atoms with Gasteiger partial charge >= 0.3 is 0 Å². The fourth-order valence-corrected chi connectivity index (χ4v) is 4.43. The van der Waals surface area contributed by atoms with E-state index in [2.05, 4.69) is 25.7 Å². The summed E-state index contributed by atoms with van der Waals surface area (Å²) in [5.74, 6) is -1.46. The Kier molecular flexibility index (Phi) is 4.91. The summed E-state index contributed by atoms with van der Waals surface area (Å²) in [6.45, 7) is 0.120. The third-order valence-electron chi connectivity index (χ3n) is 5.17. The van der Waals surface area contributed by atoms with Crippen LogP contribution in [-0.2, 0) is 16.0 Å². The van der Waals surface area contributed by atoms with Crippen molar-refractivity contribution in [3.8, 4) is 0 Å². The van der Waals surface area contributed by atoms with Gasteiger partial charge in [-0.15, -0.1) is 10.2 Å². The minimum absolute atomic E-state index is 0.0182. The smallest absolute Gasteiger partial charge is 0.231 e. The van der Waals surface area contributed by atoms with Crippen molar-refractivity contribution < 1.29 is 14.0 Å². The largest absolute Gasteiger partial charge is 0.300 e. The number of benzene rings is 2. The summed E-state index contributed by atoms with van der Waals surface area (Å²) >= 11 is 1.30. The Balaban J connectivity index is 1.27. The minimum Gasteiger partial charge on any atom is -0.300 e. The van der Waals surface area contributed by atoms with E-state index in [1.54, 1.807) is 12.1 Å². The molecule has 5 rings (SSSR count). The highest BCUT2D eigenvalue weighted by atomic mass is 32.1. The molecule has 0 bridgehead atoms. The number of hydrogen-bond donors (Lipinski definition) is 2. The quantitative estimate of drug-likeness (QED) is 0.500. The number of H-pyrrole nitrogens is 1. The van der Waals surface area contributed by atoms with Gasteiger partial charge in [-0.25, -0.2) is 4.39 Å². The zero-order chi connectivity index (χ0) is 21.4. The molecule has 0 radical (unpaired) electrons. The van der Waals surface area contributed by atoms with Crippen LogP contribution in [0.4, 0.5) is 15.3 Å². The van der Waals surface area contributed by atoms with Crippen molar-refractivity contribution in [3.63, 3.8) is 0 Å². The van der Waals surface area contributed by atoms with E-state index in [-0.39, 0.29) is 36.0 Å². The molecule has 2 amide bonds. The van der Waals surface area contributed by atoms with Gasteiger partial charge in [0.25, 0.3) is 0 Å². The number of halogens is 1. The second-order valence-electron chi connectivity index (χ2n) is 7.27. The first-order valence-electron chi connectivity index (χ1n) is 9.68. The van der Waals surface area contributed by atoms with E-state index in [4.69, 9.17) is 0 Å². The predicted molar refractivity (Wildman–Crippen MR) is 114 cm³/mol. The van der Waals surface area contributed by atoms with E-state index >= 15 is 0 Å². The van der Waals surface area contributed by atoms with Crippen LogP contribution in [0, 0.1) is 11.7 Å². The summed E-state index contributed by atoms with van der Waals surface area (Å²) in [6.07, 6.45) is 0.645. The summed E-state index contributed by atoms with van der Waals surface area (Å²) in [5, 5.41) is 19.2. The summed E-state index contributed by atoms with van der Waals surface area (Å²) in [6, 6.07) is 14.4. The Bertz CT molecular complexity index is 1270. The number of hydrogen-bond acceptors (Lipinski definition) is 6. The lowest BCUT2D eigenvalue weighted by Crippen LogP contribution is -2.28. The maximum Gasteiger partial charge on any atom is 0.231 e. The molecule has 8 nitrogen and oxygen atoms in total. The number of anilines is 2. The molecule has 2 aromatic heterocycles. The molecule has 0 aliphatic carbocycles. The molecule has 3 heterocycles. The average molecular weight is 436 g/mol. The van der Waals surface area contributed by atoms with Crippen LogP contribution in [0.1, 0.15) is 17.0 Å². The van der Waals surface area contributed by atoms with Gasteiger partial charge in [0.2, 0.25) is 16.9 Å². The zero-order valence-corrected chi connectivity index (χ0v) is 17.0. The molecule has 2 aromatic carbocycles. The highest BCUT2D eigenvalue weighted by Gasteiger charge is 2.37. The fraction of sp³-hybridized carbons (Fsp3) is 0.190. The Labute approximate surface area is 180 Å². The van der Waals surface area contributed by atoms with Crippen LogP contribution >= 0.6 is 11.3 Å². The van der Waals surface area contributed by atoms with E-state index in [9.17, 15) is 14.0 Å². The van der Waals surface area contributed by atoms with Crippen LogP contribution in [-0.4, -0.2) is 38.8 Å². The number of aromatic amines is 1. The number of fused-ring (bicyclic) bond motifs is 1. The maximum atomic E-state index is 14.3. The summed E-state index contributed by atoms with van der Waals surface area (Å²) in [4.78, 5) is 26.6. The highest BCUT2D eigenvalue weighted by Crippen LogP contribution is 2.32. The molecular formula is C21H17FN6O2S. The Morgan fingerprint density at radius 3 is 2.87 bits per heavy atom. The van der Waals surface area contributed by atoms with Crippen molar-refractivity contribution in [2.24, 2.45) is 5.92 Å². The highest BCUT2D eigenvalue weighted by molar-refractivity contribution is 7.15. The van der Waals surface area contributed by atoms with Crippen molar-refractivity contribution >= 4 is 45.0 Å². The van der Waals surface area contributed by atoms with Crippen LogP contribution in [0.5, 0.6) is 0 Å². The molecule has 0 spiro atoms. The average Bonchev–Trinajstić information content (AvgIpc) is 3.48. The van der Waals surface area contributed by atoms with Crippen LogP contribution in [0.3, 0.4) is 0 Å². The van der Waals surface area contributed by atoms with Gasteiger partial charge in [-0.3, -0.25) is 19.6 Å². The number of carbonyl (C=O) groups is 2.